The van der Waals surface area contributed by atoms with E-state index in [1.54, 1.807) is 11.0 Å². The summed E-state index contributed by atoms with van der Waals surface area (Å²) in [7, 11) is 0. The third kappa shape index (κ3) is 4.75. The van der Waals surface area contributed by atoms with E-state index < -0.39 is 5.60 Å². The largest absolute Gasteiger partial charge is 0.444 e. The first-order valence-corrected chi connectivity index (χ1v) is 8.51. The summed E-state index contributed by atoms with van der Waals surface area (Å²) in [5, 5.41) is 1.03. The van der Waals surface area contributed by atoms with Crippen molar-refractivity contribution < 1.29 is 14.3 Å². The molecule has 1 aliphatic heterocycles. The van der Waals surface area contributed by atoms with Crippen LogP contribution in [-0.2, 0) is 9.47 Å². The van der Waals surface area contributed by atoms with Crippen LogP contribution in [0.5, 0.6) is 0 Å². The van der Waals surface area contributed by atoms with Gasteiger partial charge < -0.3 is 14.4 Å². The molecule has 1 saturated heterocycles. The van der Waals surface area contributed by atoms with Gasteiger partial charge in [-0.2, -0.15) is 0 Å². The molecule has 2 rings (SSSR count). The molecule has 0 radical (unpaired) electrons. The minimum absolute atomic E-state index is 0.103. The summed E-state index contributed by atoms with van der Waals surface area (Å²) in [4.78, 5) is 13.7. The maximum atomic E-state index is 12.0. The van der Waals surface area contributed by atoms with Crippen LogP contribution in [0, 0.1) is 5.92 Å². The highest BCUT2D eigenvalue weighted by Crippen LogP contribution is 2.36. The molecule has 0 aliphatic carbocycles. The van der Waals surface area contributed by atoms with Crippen LogP contribution in [-0.4, -0.2) is 36.3 Å². The van der Waals surface area contributed by atoms with Crippen LogP contribution in [0.15, 0.2) is 18.2 Å². The summed E-state index contributed by atoms with van der Waals surface area (Å²) >= 11 is 12.1. The van der Waals surface area contributed by atoms with Crippen molar-refractivity contribution in [2.45, 2.75) is 39.4 Å². The topological polar surface area (TPSA) is 38.8 Å². The van der Waals surface area contributed by atoms with Gasteiger partial charge in [0.1, 0.15) is 5.60 Å². The lowest BCUT2D eigenvalue weighted by molar-refractivity contribution is -0.0563. The highest BCUT2D eigenvalue weighted by Gasteiger charge is 2.39. The third-order valence-electron chi connectivity index (χ3n) is 3.61. The molecule has 128 valence electrons. The van der Waals surface area contributed by atoms with E-state index in [1.807, 2.05) is 39.8 Å². The van der Waals surface area contributed by atoms with Crippen molar-refractivity contribution in [1.82, 2.24) is 4.90 Å². The summed E-state index contributed by atoms with van der Waals surface area (Å²) in [5.41, 5.74) is 0.501. The Kier molecular flexibility index (Phi) is 5.82. The Bertz CT molecular complexity index is 565. The Morgan fingerprint density at radius 3 is 2.48 bits per heavy atom. The average molecular weight is 360 g/mol. The molecule has 4 nitrogen and oxygen atoms in total. The number of carbonyl (C=O) groups is 1. The second kappa shape index (κ2) is 7.29. The predicted molar refractivity (Wildman–Crippen MR) is 92.1 cm³/mol. The summed E-state index contributed by atoms with van der Waals surface area (Å²) in [5.74, 6) is 0.222. The van der Waals surface area contributed by atoms with E-state index in [-0.39, 0.29) is 18.1 Å². The van der Waals surface area contributed by atoms with Gasteiger partial charge in [0.2, 0.25) is 0 Å². The summed E-state index contributed by atoms with van der Waals surface area (Å²) in [6.45, 7) is 9.35. The molecular weight excluding hydrogens is 337 g/mol. The van der Waals surface area contributed by atoms with E-state index in [1.165, 1.54) is 0 Å². The van der Waals surface area contributed by atoms with E-state index in [4.69, 9.17) is 32.7 Å². The van der Waals surface area contributed by atoms with Crippen LogP contribution in [0.25, 0.3) is 0 Å². The van der Waals surface area contributed by atoms with Crippen molar-refractivity contribution >= 4 is 29.3 Å². The van der Waals surface area contributed by atoms with Gasteiger partial charge in [-0.3, -0.25) is 0 Å². The minimum Gasteiger partial charge on any atom is -0.444 e. The van der Waals surface area contributed by atoms with Crippen LogP contribution >= 0.6 is 23.2 Å². The zero-order valence-corrected chi connectivity index (χ0v) is 15.4. The first-order chi connectivity index (χ1) is 10.7. The van der Waals surface area contributed by atoms with Crippen LogP contribution in [0.1, 0.15) is 39.4 Å². The lowest BCUT2D eigenvalue weighted by Gasteiger charge is -2.43. The highest BCUT2D eigenvalue weighted by atomic mass is 35.5. The molecule has 0 saturated carbocycles. The molecular formula is C17H23Cl2NO3. The Morgan fingerprint density at radius 2 is 1.96 bits per heavy atom. The van der Waals surface area contributed by atoms with Crippen molar-refractivity contribution in [3.05, 3.63) is 33.8 Å². The van der Waals surface area contributed by atoms with Crippen LogP contribution in [0.3, 0.4) is 0 Å². The van der Waals surface area contributed by atoms with Crippen molar-refractivity contribution in [3.8, 4) is 0 Å². The average Bonchev–Trinajstić information content (AvgIpc) is 2.37. The maximum Gasteiger partial charge on any atom is 0.410 e. The van der Waals surface area contributed by atoms with Gasteiger partial charge in [-0.25, -0.2) is 4.79 Å². The van der Waals surface area contributed by atoms with Gasteiger partial charge >= 0.3 is 6.09 Å². The number of benzene rings is 1. The van der Waals surface area contributed by atoms with Crippen molar-refractivity contribution in [3.63, 3.8) is 0 Å². The van der Waals surface area contributed by atoms with E-state index in [0.717, 1.165) is 5.56 Å². The minimum atomic E-state index is -0.481. The fourth-order valence-electron chi connectivity index (χ4n) is 2.55. The molecule has 0 N–H and O–H groups in total. The number of nitrogens with zero attached hydrogens (tertiary/aromatic N) is 1. The monoisotopic (exact) mass is 359 g/mol. The molecule has 0 aromatic heterocycles. The fraction of sp³-hybridized carbons (Fsp3) is 0.588. The molecule has 1 atom stereocenters. The maximum absolute atomic E-state index is 12.0. The highest BCUT2D eigenvalue weighted by molar-refractivity contribution is 6.42. The Morgan fingerprint density at radius 1 is 1.30 bits per heavy atom. The molecule has 1 aromatic rings. The molecule has 1 heterocycles. The number of hydrogen-bond acceptors (Lipinski definition) is 3. The quantitative estimate of drug-likeness (QED) is 0.764. The standard InChI is InChI=1S/C17H23Cl2NO3/c1-5-22-15(11-6-7-13(18)14(19)8-11)12-9-20(10-12)16(21)23-17(2,3)4/h6-8,12,15H,5,9-10H2,1-4H3. The molecule has 6 heteroatoms. The molecule has 1 fully saturated rings. The van der Waals surface area contributed by atoms with Crippen molar-refractivity contribution in [1.29, 1.82) is 0 Å². The molecule has 23 heavy (non-hydrogen) atoms. The Labute approximate surface area is 147 Å². The first kappa shape index (κ1) is 18.4. The zero-order valence-electron chi connectivity index (χ0n) is 13.9. The second-order valence-electron chi connectivity index (χ2n) is 6.69. The van der Waals surface area contributed by atoms with Gasteiger partial charge in [0.05, 0.1) is 16.1 Å². The normalized spacial score (nSPS) is 16.9. The Hall–Kier alpha value is -0.970. The summed E-state index contributed by atoms with van der Waals surface area (Å²) < 4.78 is 11.3. The number of ether oxygens (including phenoxy) is 2. The summed E-state index contributed by atoms with van der Waals surface area (Å²) in [6, 6.07) is 5.53. The van der Waals surface area contributed by atoms with Gasteiger partial charge in [-0.05, 0) is 45.4 Å². The molecule has 1 unspecified atom stereocenters. The van der Waals surface area contributed by atoms with Gasteiger partial charge in [0, 0.05) is 25.6 Å². The molecule has 1 amide bonds. The van der Waals surface area contributed by atoms with E-state index in [2.05, 4.69) is 0 Å². The molecule has 0 bridgehead atoms. The summed E-state index contributed by atoms with van der Waals surface area (Å²) in [6.07, 6.45) is -0.383. The second-order valence-corrected chi connectivity index (χ2v) is 7.51. The van der Waals surface area contributed by atoms with Gasteiger partial charge in [-0.15, -0.1) is 0 Å². The lowest BCUT2D eigenvalue weighted by atomic mass is 9.89. The fourth-order valence-corrected chi connectivity index (χ4v) is 2.86. The smallest absolute Gasteiger partial charge is 0.410 e. The number of amides is 1. The van der Waals surface area contributed by atoms with Crippen LogP contribution in [0.2, 0.25) is 10.0 Å². The third-order valence-corrected chi connectivity index (χ3v) is 4.35. The SMILES string of the molecule is CCOC(c1ccc(Cl)c(Cl)c1)C1CN(C(=O)OC(C)(C)C)C1. The molecule has 0 spiro atoms. The number of likely N-dealkylation sites (tertiary alicyclic amines) is 1. The van der Waals surface area contributed by atoms with Gasteiger partial charge in [-0.1, -0.05) is 29.3 Å². The number of halogens is 2. The van der Waals surface area contributed by atoms with Crippen LogP contribution < -0.4 is 0 Å². The lowest BCUT2D eigenvalue weighted by Crippen LogP contribution is -2.53. The van der Waals surface area contributed by atoms with Crippen LogP contribution in [0.4, 0.5) is 4.79 Å². The number of carbonyl (C=O) groups excluding carboxylic acids is 1. The Balaban J connectivity index is 2.01. The molecule has 1 aliphatic rings. The zero-order chi connectivity index (χ0) is 17.2. The molecule has 1 aromatic carbocycles. The number of hydrogen-bond donors (Lipinski definition) is 0. The van der Waals surface area contributed by atoms with E-state index >= 15 is 0 Å². The van der Waals surface area contributed by atoms with E-state index in [0.29, 0.717) is 29.7 Å². The van der Waals surface area contributed by atoms with Gasteiger partial charge in [0.15, 0.2) is 0 Å². The van der Waals surface area contributed by atoms with E-state index in [9.17, 15) is 4.79 Å². The first-order valence-electron chi connectivity index (χ1n) is 7.75. The van der Waals surface area contributed by atoms with Crippen molar-refractivity contribution in [2.24, 2.45) is 5.92 Å². The van der Waals surface area contributed by atoms with Gasteiger partial charge in [0.25, 0.3) is 0 Å². The predicted octanol–water partition coefficient (Wildman–Crippen LogP) is 4.94. The number of rotatable bonds is 4. The van der Waals surface area contributed by atoms with Crippen molar-refractivity contribution in [2.75, 3.05) is 19.7 Å².